The Morgan fingerprint density at radius 1 is 0.246 bits per heavy atom. The number of hydrogen-bond acceptors (Lipinski definition) is 4. The standard InChI is InChI=1S/C80H98N2.C34H34N2/c1-7-11-15-19-23-33-51-79(52-34-24-20-16-12-8-2)71-55-59(5)41-45-67(71)69-47-43-63(57-73(69)79)65-49-50-66(78-77(65)81-75(61-37-29-27-30-38-61)76(82-78)62-39-31-28-32-40-62)64-44-48-70-68-46-42-60(6)56-72(68)80(74(70)58-64,53-35-25-21-17-13-9-3)54-36-26-22-18-14-10-4;1-23(2)17-19-25(5)29-21-22-30(26(6)20-18-24(3)4)34-33(29)35-31(27-13-9-7-10-14-27)32(36-34)28-15-11-8-12-16-28/h27-32,37-50,55-58H,7-26,33-36,51-54H2,1-6H3;7-22H,1-6H3/b;25-19+,26-20+. The van der Waals surface area contributed by atoms with Gasteiger partial charge in [-0.2, -0.15) is 0 Å². The van der Waals surface area contributed by atoms with Crippen molar-refractivity contribution in [2.75, 3.05) is 0 Å². The number of rotatable bonds is 38. The van der Waals surface area contributed by atoms with Crippen LogP contribution < -0.4 is 0 Å². The van der Waals surface area contributed by atoms with Crippen LogP contribution in [0.2, 0.25) is 0 Å². The van der Waals surface area contributed by atoms with Crippen LogP contribution >= 0.6 is 0 Å². The summed E-state index contributed by atoms with van der Waals surface area (Å²) in [5.74, 6) is 0. The lowest BCUT2D eigenvalue weighted by Crippen LogP contribution is -2.25. The first-order chi connectivity index (χ1) is 57.7. The summed E-state index contributed by atoms with van der Waals surface area (Å²) in [6.07, 6.45) is 44.8. The maximum Gasteiger partial charge on any atom is 0.0979 e. The fourth-order valence-electron chi connectivity index (χ4n) is 19.0. The van der Waals surface area contributed by atoms with Gasteiger partial charge in [0.2, 0.25) is 0 Å². The van der Waals surface area contributed by atoms with E-state index in [9.17, 15) is 0 Å². The van der Waals surface area contributed by atoms with E-state index in [1.54, 1.807) is 11.1 Å². The molecule has 12 aromatic rings. The summed E-state index contributed by atoms with van der Waals surface area (Å²) in [7, 11) is 0. The minimum Gasteiger partial charge on any atom is -0.243 e. The zero-order valence-electron chi connectivity index (χ0n) is 73.7. The van der Waals surface area contributed by atoms with Crippen molar-refractivity contribution in [3.63, 3.8) is 0 Å². The molecule has 2 aliphatic carbocycles. The Bertz CT molecular complexity index is 5100. The van der Waals surface area contributed by atoms with Crippen molar-refractivity contribution < 1.29 is 0 Å². The molecule has 0 spiro atoms. The van der Waals surface area contributed by atoms with Crippen molar-refractivity contribution in [3.05, 3.63) is 298 Å². The molecule has 0 amide bonds. The summed E-state index contributed by atoms with van der Waals surface area (Å²) in [4.78, 5) is 22.6. The zero-order valence-corrected chi connectivity index (χ0v) is 73.7. The monoisotopic (exact) mass is 1560 g/mol. The zero-order chi connectivity index (χ0) is 82.4. The number of nitrogens with zero attached hydrogens (tertiary/aromatic N) is 4. The Hall–Kier alpha value is -10.2. The molecule has 0 N–H and O–H groups in total. The Labute approximate surface area is 710 Å². The summed E-state index contributed by atoms with van der Waals surface area (Å²) in [5.41, 5.74) is 38.2. The highest BCUT2D eigenvalue weighted by molar-refractivity contribution is 6.05. The van der Waals surface area contributed by atoms with E-state index in [1.807, 2.05) is 12.1 Å². The molecule has 608 valence electrons. The number of aromatic nitrogens is 4. The molecule has 0 radical (unpaired) electrons. The summed E-state index contributed by atoms with van der Waals surface area (Å²) >= 11 is 0. The van der Waals surface area contributed by atoms with Gasteiger partial charge in [0.25, 0.3) is 0 Å². The van der Waals surface area contributed by atoms with Gasteiger partial charge < -0.3 is 0 Å². The molecule has 2 aromatic heterocycles. The Balaban J connectivity index is 0.000000279. The van der Waals surface area contributed by atoms with Crippen molar-refractivity contribution in [2.45, 2.75) is 274 Å². The molecule has 4 nitrogen and oxygen atoms in total. The van der Waals surface area contributed by atoms with E-state index in [4.69, 9.17) is 19.9 Å². The van der Waals surface area contributed by atoms with Crippen LogP contribution in [0.3, 0.4) is 0 Å². The largest absolute Gasteiger partial charge is 0.243 e. The summed E-state index contributed by atoms with van der Waals surface area (Å²) in [5, 5.41) is 0. The summed E-state index contributed by atoms with van der Waals surface area (Å²) in [6, 6.07) is 81.5. The van der Waals surface area contributed by atoms with Gasteiger partial charge in [0, 0.05) is 55.3 Å². The average Bonchev–Trinajstić information content (AvgIpc) is 1.54. The first-order valence-corrected chi connectivity index (χ1v) is 45.8. The van der Waals surface area contributed by atoms with Crippen LogP contribution in [0.15, 0.2) is 254 Å². The minimum absolute atomic E-state index is 0.0304. The molecule has 0 aliphatic heterocycles. The third kappa shape index (κ3) is 19.9. The number of benzene rings is 10. The maximum absolute atomic E-state index is 5.96. The highest BCUT2D eigenvalue weighted by atomic mass is 14.9. The van der Waals surface area contributed by atoms with Crippen LogP contribution in [0.5, 0.6) is 0 Å². The molecule has 14 rings (SSSR count). The minimum atomic E-state index is -0.0304. The number of allylic oxidation sites excluding steroid dienone is 8. The highest BCUT2D eigenvalue weighted by Gasteiger charge is 2.44. The van der Waals surface area contributed by atoms with Gasteiger partial charge in [-0.1, -0.05) is 435 Å². The Morgan fingerprint density at radius 2 is 0.500 bits per heavy atom. The fourth-order valence-corrected chi connectivity index (χ4v) is 19.0. The van der Waals surface area contributed by atoms with Gasteiger partial charge in [-0.3, -0.25) is 0 Å². The lowest BCUT2D eigenvalue weighted by Gasteiger charge is -2.33. The van der Waals surface area contributed by atoms with E-state index in [0.29, 0.717) is 0 Å². The number of fused-ring (bicyclic) bond motifs is 8. The summed E-state index contributed by atoms with van der Waals surface area (Å²) in [6.45, 7) is 26.7. The second-order valence-electron chi connectivity index (χ2n) is 35.1. The first-order valence-electron chi connectivity index (χ1n) is 45.8. The molecule has 0 bridgehead atoms. The SMILES string of the molecule is CC(C)=C/C=C(\C)c1ccc(/C(C)=C/C=C(C)C)c2nc(-c3ccccc3)c(-c3ccccc3)nc12.CCCCCCCCC1(CCCCCCCC)c2cc(C)ccc2-c2ccc(-c3ccc(-c4ccc5c(c4)C(CCCCCCCC)(CCCCCCCC)c4cc(C)ccc4-5)c4nc(-c5ccccc5)c(-c5ccccc5)nc34)cc21. The molecule has 2 heterocycles. The van der Waals surface area contributed by atoms with Gasteiger partial charge in [-0.15, -0.1) is 0 Å². The van der Waals surface area contributed by atoms with E-state index in [0.717, 1.165) is 89.4 Å². The van der Waals surface area contributed by atoms with E-state index >= 15 is 0 Å². The Kier molecular flexibility index (Phi) is 30.1. The van der Waals surface area contributed by atoms with E-state index in [-0.39, 0.29) is 10.8 Å². The number of aryl methyl sites for hydroxylation is 2. The smallest absolute Gasteiger partial charge is 0.0979 e. The first kappa shape index (κ1) is 85.7. The second kappa shape index (κ2) is 41.5. The quantitative estimate of drug-likeness (QED) is 0.0286. The summed E-state index contributed by atoms with van der Waals surface area (Å²) < 4.78 is 0. The molecule has 0 saturated heterocycles. The third-order valence-corrected chi connectivity index (χ3v) is 25.5. The normalized spacial score (nSPS) is 13.1. The van der Waals surface area contributed by atoms with Crippen molar-refractivity contribution in [1.29, 1.82) is 0 Å². The van der Waals surface area contributed by atoms with E-state index < -0.39 is 0 Å². The third-order valence-electron chi connectivity index (χ3n) is 25.5. The lowest BCUT2D eigenvalue weighted by atomic mass is 9.70. The topological polar surface area (TPSA) is 51.6 Å². The van der Waals surface area contributed by atoms with Crippen molar-refractivity contribution in [2.24, 2.45) is 0 Å². The van der Waals surface area contributed by atoms with Gasteiger partial charge in [0.15, 0.2) is 0 Å². The predicted molar refractivity (Wildman–Crippen MR) is 512 cm³/mol. The molecule has 118 heavy (non-hydrogen) atoms. The highest BCUT2D eigenvalue weighted by Crippen LogP contribution is 2.58. The molecule has 4 heteroatoms. The predicted octanol–water partition coefficient (Wildman–Crippen LogP) is 34.2. The molecular weight excluding hydrogens is 1430 g/mol. The van der Waals surface area contributed by atoms with Gasteiger partial charge in [0.1, 0.15) is 0 Å². The number of unbranched alkanes of at least 4 members (excludes halogenated alkanes) is 20. The van der Waals surface area contributed by atoms with Crippen molar-refractivity contribution in [1.82, 2.24) is 19.9 Å². The molecule has 0 saturated carbocycles. The van der Waals surface area contributed by atoms with Gasteiger partial charge in [-0.25, -0.2) is 19.9 Å². The lowest BCUT2D eigenvalue weighted by molar-refractivity contribution is 0.398. The van der Waals surface area contributed by atoms with Crippen LogP contribution in [0, 0.1) is 13.8 Å². The van der Waals surface area contributed by atoms with Crippen molar-refractivity contribution in [3.8, 4) is 89.5 Å². The van der Waals surface area contributed by atoms with Crippen LogP contribution in [-0.2, 0) is 10.8 Å². The maximum atomic E-state index is 5.96. The van der Waals surface area contributed by atoms with Crippen LogP contribution in [0.4, 0.5) is 0 Å². The van der Waals surface area contributed by atoms with Gasteiger partial charge >= 0.3 is 0 Å². The molecule has 10 aromatic carbocycles. The van der Waals surface area contributed by atoms with Crippen molar-refractivity contribution >= 4 is 33.2 Å². The van der Waals surface area contributed by atoms with Gasteiger partial charge in [0.05, 0.1) is 44.8 Å². The molecule has 0 unspecified atom stereocenters. The van der Waals surface area contributed by atoms with Gasteiger partial charge in [-0.05, 0) is 160 Å². The van der Waals surface area contributed by atoms with E-state index in [1.165, 1.54) is 258 Å². The fraction of sp³-hybridized carbons (Fsp3) is 0.368. The van der Waals surface area contributed by atoms with E-state index in [2.05, 4.69) is 314 Å². The molecule has 2 aliphatic rings. The Morgan fingerprint density at radius 3 is 0.788 bits per heavy atom. The second-order valence-corrected chi connectivity index (χ2v) is 35.1. The van der Waals surface area contributed by atoms with Crippen LogP contribution in [0.25, 0.3) is 123 Å². The number of hydrogen-bond donors (Lipinski definition) is 0. The molecular formula is C114H132N4. The molecule has 0 fully saturated rings. The molecule has 0 atom stereocenters. The average molecular weight is 1560 g/mol. The van der Waals surface area contributed by atoms with Crippen LogP contribution in [-0.4, -0.2) is 19.9 Å². The van der Waals surface area contributed by atoms with Crippen LogP contribution in [0.1, 0.15) is 294 Å².